The van der Waals surface area contributed by atoms with Crippen molar-refractivity contribution in [1.29, 1.82) is 5.26 Å². The number of nitrogens with two attached hydrogens (primary N) is 1. The summed E-state index contributed by atoms with van der Waals surface area (Å²) in [5.41, 5.74) is 4.04. The highest BCUT2D eigenvalue weighted by atomic mass is 16.2. The van der Waals surface area contributed by atoms with Gasteiger partial charge in [0, 0.05) is 41.7 Å². The van der Waals surface area contributed by atoms with Gasteiger partial charge in [0.2, 0.25) is 0 Å². The molecule has 2 aromatic rings. The molecule has 3 rings (SSSR count). The Morgan fingerprint density at radius 3 is 2.96 bits per heavy atom. The summed E-state index contributed by atoms with van der Waals surface area (Å²) < 4.78 is 75.5. The van der Waals surface area contributed by atoms with Gasteiger partial charge < -0.3 is 10.6 Å². The van der Waals surface area contributed by atoms with Crippen LogP contribution in [0.1, 0.15) is 36.2 Å². The van der Waals surface area contributed by atoms with Gasteiger partial charge >= 0.3 is 5.69 Å². The normalized spacial score (nSPS) is 33.6. The Labute approximate surface area is 158 Å². The van der Waals surface area contributed by atoms with E-state index in [1.165, 1.54) is 12.1 Å². The van der Waals surface area contributed by atoms with E-state index in [9.17, 15) is 14.9 Å². The summed E-state index contributed by atoms with van der Waals surface area (Å²) >= 11 is 0. The standard InChI is InChI=1S/C18H21N5O2/c1-21-17(24)9-16(22-8-4-7-15(20)12-22)23(18(21)25)11-14-6-3-2-5-13(14)10-19/h2-3,5-6,9,15H,4,7-8,11-12,20H2,1H3/t15-/m1/s1/i4D2,7D2,8D2,12D2,15D. The van der Waals surface area contributed by atoms with E-state index < -0.39 is 55.4 Å². The van der Waals surface area contributed by atoms with Gasteiger partial charge in [-0.15, -0.1) is 0 Å². The van der Waals surface area contributed by atoms with E-state index in [4.69, 9.17) is 18.1 Å². The van der Waals surface area contributed by atoms with Crippen LogP contribution in [0.5, 0.6) is 0 Å². The van der Waals surface area contributed by atoms with Gasteiger partial charge in [0.25, 0.3) is 5.56 Å². The maximum Gasteiger partial charge on any atom is 0.332 e. The number of nitrogens with zero attached hydrogens (tertiary/aromatic N) is 4. The van der Waals surface area contributed by atoms with E-state index in [1.54, 1.807) is 12.1 Å². The van der Waals surface area contributed by atoms with Crippen LogP contribution >= 0.6 is 0 Å². The number of benzene rings is 1. The fourth-order valence-electron chi connectivity index (χ4n) is 2.37. The summed E-state index contributed by atoms with van der Waals surface area (Å²) in [6.45, 7) is -7.43. The fourth-order valence-corrected chi connectivity index (χ4v) is 2.37. The van der Waals surface area contributed by atoms with Gasteiger partial charge in [0.1, 0.15) is 5.82 Å². The molecule has 0 saturated carbocycles. The maximum atomic E-state index is 13.1. The molecule has 1 atom stereocenters. The first-order chi connectivity index (χ1) is 15.4. The second-order valence-electron chi connectivity index (χ2n) is 5.26. The van der Waals surface area contributed by atoms with Crippen molar-refractivity contribution >= 4 is 5.82 Å². The maximum absolute atomic E-state index is 13.1. The summed E-state index contributed by atoms with van der Waals surface area (Å²) in [5.74, 6) is -0.766. The van der Waals surface area contributed by atoms with Crippen LogP contribution in [0.3, 0.4) is 0 Å². The number of piperidine rings is 1. The first-order valence-electron chi connectivity index (χ1n) is 11.8. The van der Waals surface area contributed by atoms with Crippen molar-refractivity contribution in [2.45, 2.75) is 25.3 Å². The van der Waals surface area contributed by atoms with Crippen molar-refractivity contribution in [3.8, 4) is 6.07 Å². The molecule has 0 amide bonds. The van der Waals surface area contributed by atoms with Crippen molar-refractivity contribution < 1.29 is 12.3 Å². The smallest absolute Gasteiger partial charge is 0.332 e. The van der Waals surface area contributed by atoms with Crippen molar-refractivity contribution in [3.63, 3.8) is 0 Å². The lowest BCUT2D eigenvalue weighted by Gasteiger charge is -2.34. The van der Waals surface area contributed by atoms with Crippen molar-refractivity contribution in [2.24, 2.45) is 12.8 Å². The van der Waals surface area contributed by atoms with E-state index in [1.807, 2.05) is 6.07 Å². The first-order valence-corrected chi connectivity index (χ1v) is 7.26. The lowest BCUT2D eigenvalue weighted by Crippen LogP contribution is -2.47. The number of hydrogen-bond donors (Lipinski definition) is 1. The minimum absolute atomic E-state index is 0.0338. The van der Waals surface area contributed by atoms with Crippen molar-refractivity contribution in [3.05, 3.63) is 62.3 Å². The molecular weight excluding hydrogens is 318 g/mol. The Hall–Kier alpha value is -2.85. The molecule has 1 aromatic heterocycles. The van der Waals surface area contributed by atoms with Gasteiger partial charge in [-0.2, -0.15) is 5.26 Å². The molecule has 2 heterocycles. The predicted octanol–water partition coefficient (Wildman–Crippen LogP) is 0.394. The minimum atomic E-state index is -3.57. The quantitative estimate of drug-likeness (QED) is 0.866. The summed E-state index contributed by atoms with van der Waals surface area (Å²) in [6, 6.07) is 5.27. The molecule has 1 aromatic carbocycles. The van der Waals surface area contributed by atoms with Gasteiger partial charge in [-0.25, -0.2) is 4.79 Å². The average molecular weight is 348 g/mol. The number of nitriles is 1. The molecule has 1 aliphatic rings. The molecule has 0 unspecified atom stereocenters. The molecule has 0 bridgehead atoms. The van der Waals surface area contributed by atoms with Crippen LogP contribution in [0.25, 0.3) is 0 Å². The molecular formula is C18H21N5O2. The van der Waals surface area contributed by atoms with E-state index in [-0.39, 0.29) is 16.0 Å². The van der Waals surface area contributed by atoms with Crippen LogP contribution in [-0.4, -0.2) is 28.1 Å². The molecule has 1 saturated heterocycles. The van der Waals surface area contributed by atoms with Gasteiger partial charge in [0.15, 0.2) is 0 Å². The average Bonchev–Trinajstić information content (AvgIpc) is 2.73. The lowest BCUT2D eigenvalue weighted by molar-refractivity contribution is 0.491. The SMILES string of the molecule is [2H]C1([2H])N(c2cc(=O)n(C)c(=O)n2Cc2ccccc2C#N)C([2H])([2H])[C@]([2H])(N)C([2H])([2H])C1([2H])[2H]. The molecule has 0 aliphatic carbocycles. The Morgan fingerprint density at radius 1 is 1.44 bits per heavy atom. The zero-order valence-electron chi connectivity index (χ0n) is 22.3. The Kier molecular flexibility index (Phi) is 2.51. The van der Waals surface area contributed by atoms with Crippen LogP contribution in [0, 0.1) is 11.3 Å². The first kappa shape index (κ1) is 9.02. The lowest BCUT2D eigenvalue weighted by atomic mass is 10.1. The Bertz CT molecular complexity index is 1280. The molecule has 1 fully saturated rings. The second kappa shape index (κ2) is 6.95. The van der Waals surface area contributed by atoms with Crippen LogP contribution in [-0.2, 0) is 13.6 Å². The highest BCUT2D eigenvalue weighted by molar-refractivity contribution is 5.42. The zero-order chi connectivity index (χ0) is 26.1. The Morgan fingerprint density at radius 2 is 2.20 bits per heavy atom. The van der Waals surface area contributed by atoms with Gasteiger partial charge in [-0.1, -0.05) is 18.2 Å². The van der Waals surface area contributed by atoms with E-state index in [0.717, 1.165) is 11.6 Å². The Balaban J connectivity index is 2.42. The number of rotatable bonds is 3. The van der Waals surface area contributed by atoms with Crippen LogP contribution in [0.2, 0.25) is 0 Å². The monoisotopic (exact) mass is 348 g/mol. The molecule has 130 valence electrons. The molecule has 1 aliphatic heterocycles. The number of hydrogen-bond acceptors (Lipinski definition) is 5. The predicted molar refractivity (Wildman–Crippen MR) is 95.6 cm³/mol. The topological polar surface area (TPSA) is 97.0 Å². The van der Waals surface area contributed by atoms with Crippen LogP contribution in [0.15, 0.2) is 39.9 Å². The summed E-state index contributed by atoms with van der Waals surface area (Å²) in [7, 11) is 1.12. The molecule has 7 nitrogen and oxygen atoms in total. The van der Waals surface area contributed by atoms with Gasteiger partial charge in [-0.3, -0.25) is 13.9 Å². The number of aromatic nitrogens is 2. The molecule has 7 heteroatoms. The summed E-state index contributed by atoms with van der Waals surface area (Å²) in [4.78, 5) is 25.6. The molecule has 25 heavy (non-hydrogen) atoms. The van der Waals surface area contributed by atoms with Crippen molar-refractivity contribution in [1.82, 2.24) is 9.13 Å². The largest absolute Gasteiger partial charge is 0.356 e. The third kappa shape index (κ3) is 3.35. The number of anilines is 1. The minimum Gasteiger partial charge on any atom is -0.356 e. The van der Waals surface area contributed by atoms with Gasteiger partial charge in [0.05, 0.1) is 20.9 Å². The van der Waals surface area contributed by atoms with Crippen LogP contribution < -0.4 is 21.9 Å². The fraction of sp³-hybridized carbons (Fsp3) is 0.389. The van der Waals surface area contributed by atoms with Crippen molar-refractivity contribution in [2.75, 3.05) is 17.9 Å². The summed E-state index contributed by atoms with van der Waals surface area (Å²) in [6.07, 6.45) is -7.11. The highest BCUT2D eigenvalue weighted by Gasteiger charge is 2.22. The zero-order valence-corrected chi connectivity index (χ0v) is 13.3. The molecule has 0 radical (unpaired) electrons. The molecule has 0 spiro atoms. The third-order valence-electron chi connectivity index (χ3n) is 3.67. The third-order valence-corrected chi connectivity index (χ3v) is 3.67. The van der Waals surface area contributed by atoms with Crippen LogP contribution in [0.4, 0.5) is 5.82 Å². The van der Waals surface area contributed by atoms with Gasteiger partial charge in [-0.05, 0) is 24.4 Å². The van der Waals surface area contributed by atoms with E-state index >= 15 is 0 Å². The molecule has 2 N–H and O–H groups in total. The highest BCUT2D eigenvalue weighted by Crippen LogP contribution is 2.19. The van der Waals surface area contributed by atoms with E-state index in [2.05, 4.69) is 0 Å². The second-order valence-corrected chi connectivity index (χ2v) is 5.26. The summed E-state index contributed by atoms with van der Waals surface area (Å²) in [5, 5.41) is 9.39. The van der Waals surface area contributed by atoms with E-state index in [0.29, 0.717) is 10.6 Å².